The Morgan fingerprint density at radius 3 is 2.50 bits per heavy atom. The molecule has 2 aliphatic rings. The first-order valence-electron chi connectivity index (χ1n) is 4.46. The number of hydrogen-bond donors (Lipinski definition) is 0. The number of hydrogen-bond acceptors (Lipinski definition) is 1. The predicted molar refractivity (Wildman–Crippen MR) is 40.8 cm³/mol. The summed E-state index contributed by atoms with van der Waals surface area (Å²) >= 11 is 0. The Balaban J connectivity index is 2.02. The van der Waals surface area contributed by atoms with Crippen LogP contribution in [-0.2, 0) is 4.74 Å². The molecule has 1 nitrogen and oxygen atoms in total. The molecule has 58 valence electrons. The van der Waals surface area contributed by atoms with Gasteiger partial charge in [-0.1, -0.05) is 20.3 Å². The summed E-state index contributed by atoms with van der Waals surface area (Å²) in [4.78, 5) is 0. The van der Waals surface area contributed by atoms with Crippen LogP contribution in [0.4, 0.5) is 0 Å². The van der Waals surface area contributed by atoms with Crippen LogP contribution in [0.2, 0.25) is 0 Å². The first-order chi connectivity index (χ1) is 4.81. The molecule has 2 saturated heterocycles. The molecule has 0 aliphatic carbocycles. The molecule has 10 heavy (non-hydrogen) atoms. The lowest BCUT2D eigenvalue weighted by Crippen LogP contribution is -2.20. The van der Waals surface area contributed by atoms with Crippen LogP contribution in [0.5, 0.6) is 0 Å². The lowest BCUT2D eigenvalue weighted by molar-refractivity contribution is 0.0856. The maximum Gasteiger partial charge on any atom is 0.0611 e. The van der Waals surface area contributed by atoms with Crippen molar-refractivity contribution in [1.29, 1.82) is 0 Å². The summed E-state index contributed by atoms with van der Waals surface area (Å²) < 4.78 is 5.79. The van der Waals surface area contributed by atoms with Crippen LogP contribution in [0.3, 0.4) is 0 Å². The summed E-state index contributed by atoms with van der Waals surface area (Å²) in [5.41, 5.74) is 0. The van der Waals surface area contributed by atoms with E-state index in [2.05, 4.69) is 13.8 Å². The Morgan fingerprint density at radius 1 is 1.30 bits per heavy atom. The largest absolute Gasteiger partial charge is 0.374 e. The molecule has 0 radical (unpaired) electrons. The summed E-state index contributed by atoms with van der Waals surface area (Å²) in [6.07, 6.45) is 5.22. The molecule has 4 unspecified atom stereocenters. The van der Waals surface area contributed by atoms with Gasteiger partial charge in [0.15, 0.2) is 0 Å². The number of fused-ring (bicyclic) bond motifs is 2. The maximum absolute atomic E-state index is 5.79. The smallest absolute Gasteiger partial charge is 0.0611 e. The van der Waals surface area contributed by atoms with E-state index in [4.69, 9.17) is 4.74 Å². The lowest BCUT2D eigenvalue weighted by Gasteiger charge is -2.20. The Labute approximate surface area is 62.8 Å². The van der Waals surface area contributed by atoms with Crippen molar-refractivity contribution in [3.63, 3.8) is 0 Å². The van der Waals surface area contributed by atoms with Gasteiger partial charge in [-0.15, -0.1) is 0 Å². The highest BCUT2D eigenvalue weighted by Crippen LogP contribution is 2.43. The molecule has 0 N–H and O–H groups in total. The van der Waals surface area contributed by atoms with E-state index in [1.54, 1.807) is 0 Å². The fourth-order valence-corrected chi connectivity index (χ4v) is 2.40. The van der Waals surface area contributed by atoms with Gasteiger partial charge in [0, 0.05) is 0 Å². The van der Waals surface area contributed by atoms with E-state index in [0.29, 0.717) is 12.2 Å². The lowest BCUT2D eigenvalue weighted by atomic mass is 9.82. The molecule has 2 heterocycles. The van der Waals surface area contributed by atoms with Crippen molar-refractivity contribution in [2.45, 2.75) is 45.3 Å². The van der Waals surface area contributed by atoms with Crippen molar-refractivity contribution in [3.05, 3.63) is 0 Å². The summed E-state index contributed by atoms with van der Waals surface area (Å²) in [5, 5.41) is 0. The van der Waals surface area contributed by atoms with Gasteiger partial charge in [0.1, 0.15) is 0 Å². The van der Waals surface area contributed by atoms with Crippen LogP contribution >= 0.6 is 0 Å². The first kappa shape index (κ1) is 6.66. The molecule has 2 bridgehead atoms. The molecule has 0 spiro atoms. The zero-order chi connectivity index (χ0) is 7.14. The topological polar surface area (TPSA) is 9.23 Å². The molecule has 0 aromatic rings. The molecule has 4 atom stereocenters. The molecule has 2 fully saturated rings. The van der Waals surface area contributed by atoms with E-state index in [-0.39, 0.29) is 0 Å². The van der Waals surface area contributed by atoms with Crippen LogP contribution in [0.15, 0.2) is 0 Å². The van der Waals surface area contributed by atoms with Crippen molar-refractivity contribution >= 4 is 0 Å². The van der Waals surface area contributed by atoms with Gasteiger partial charge in [-0.25, -0.2) is 0 Å². The Morgan fingerprint density at radius 2 is 2.10 bits per heavy atom. The molecular weight excluding hydrogens is 124 g/mol. The van der Waals surface area contributed by atoms with Crippen molar-refractivity contribution in [2.75, 3.05) is 0 Å². The average molecular weight is 140 g/mol. The third-order valence-electron chi connectivity index (χ3n) is 3.17. The SMILES string of the molecule is CCC1CC2OC1CC2C. The second-order valence-electron chi connectivity index (χ2n) is 3.83. The van der Waals surface area contributed by atoms with E-state index in [1.807, 2.05) is 0 Å². The molecule has 0 aromatic carbocycles. The van der Waals surface area contributed by atoms with Gasteiger partial charge < -0.3 is 4.74 Å². The summed E-state index contributed by atoms with van der Waals surface area (Å²) in [6, 6.07) is 0. The highest BCUT2D eigenvalue weighted by atomic mass is 16.5. The molecule has 0 amide bonds. The standard InChI is InChI=1S/C9H16O/c1-3-7-5-8-6(2)4-9(7)10-8/h6-9H,3-5H2,1-2H3. The Bertz CT molecular complexity index is 131. The minimum atomic E-state index is 0.620. The van der Waals surface area contributed by atoms with Gasteiger partial charge in [-0.3, -0.25) is 0 Å². The number of rotatable bonds is 1. The first-order valence-corrected chi connectivity index (χ1v) is 4.46. The third-order valence-corrected chi connectivity index (χ3v) is 3.17. The van der Waals surface area contributed by atoms with E-state index in [9.17, 15) is 0 Å². The average Bonchev–Trinajstić information content (AvgIpc) is 2.44. The van der Waals surface area contributed by atoms with Crippen LogP contribution in [0.1, 0.15) is 33.1 Å². The van der Waals surface area contributed by atoms with Crippen LogP contribution in [-0.4, -0.2) is 12.2 Å². The quantitative estimate of drug-likeness (QED) is 0.542. The molecule has 0 saturated carbocycles. The summed E-state index contributed by atoms with van der Waals surface area (Å²) in [7, 11) is 0. The van der Waals surface area contributed by atoms with E-state index >= 15 is 0 Å². The van der Waals surface area contributed by atoms with Crippen molar-refractivity contribution in [3.8, 4) is 0 Å². The van der Waals surface area contributed by atoms with Crippen molar-refractivity contribution in [1.82, 2.24) is 0 Å². The van der Waals surface area contributed by atoms with E-state index < -0.39 is 0 Å². The second kappa shape index (κ2) is 2.23. The second-order valence-corrected chi connectivity index (χ2v) is 3.83. The third kappa shape index (κ3) is 0.800. The van der Waals surface area contributed by atoms with E-state index in [0.717, 1.165) is 11.8 Å². The van der Waals surface area contributed by atoms with Crippen molar-refractivity contribution in [2.24, 2.45) is 11.8 Å². The number of ether oxygens (including phenoxy) is 1. The maximum atomic E-state index is 5.79. The van der Waals surface area contributed by atoms with E-state index in [1.165, 1.54) is 19.3 Å². The Kier molecular flexibility index (Phi) is 1.48. The fraction of sp³-hybridized carbons (Fsp3) is 1.00. The minimum Gasteiger partial charge on any atom is -0.374 e. The summed E-state index contributed by atoms with van der Waals surface area (Å²) in [6.45, 7) is 4.59. The molecule has 2 aliphatic heterocycles. The molecule has 2 rings (SSSR count). The van der Waals surface area contributed by atoms with Gasteiger partial charge in [0.05, 0.1) is 12.2 Å². The van der Waals surface area contributed by atoms with Gasteiger partial charge in [-0.05, 0) is 24.7 Å². The molecule has 0 aromatic heterocycles. The van der Waals surface area contributed by atoms with Gasteiger partial charge in [-0.2, -0.15) is 0 Å². The fourth-order valence-electron chi connectivity index (χ4n) is 2.40. The highest BCUT2D eigenvalue weighted by molar-refractivity contribution is 4.92. The van der Waals surface area contributed by atoms with Crippen molar-refractivity contribution < 1.29 is 4.74 Å². The minimum absolute atomic E-state index is 0.620. The van der Waals surface area contributed by atoms with Gasteiger partial charge in [0.2, 0.25) is 0 Å². The summed E-state index contributed by atoms with van der Waals surface area (Å²) in [5.74, 6) is 1.73. The monoisotopic (exact) mass is 140 g/mol. The highest BCUT2D eigenvalue weighted by Gasteiger charge is 2.43. The molecule has 1 heteroatoms. The Hall–Kier alpha value is -0.0400. The zero-order valence-electron chi connectivity index (χ0n) is 6.84. The van der Waals surface area contributed by atoms with Gasteiger partial charge in [0.25, 0.3) is 0 Å². The predicted octanol–water partition coefficient (Wildman–Crippen LogP) is 2.21. The van der Waals surface area contributed by atoms with Crippen LogP contribution in [0.25, 0.3) is 0 Å². The zero-order valence-corrected chi connectivity index (χ0v) is 6.84. The van der Waals surface area contributed by atoms with Crippen LogP contribution in [0, 0.1) is 11.8 Å². The molecular formula is C9H16O. The normalized spacial score (nSPS) is 52.2. The van der Waals surface area contributed by atoms with Gasteiger partial charge >= 0.3 is 0 Å². The van der Waals surface area contributed by atoms with Crippen LogP contribution < -0.4 is 0 Å².